The summed E-state index contributed by atoms with van der Waals surface area (Å²) in [5.74, 6) is -0.283. The van der Waals surface area contributed by atoms with Crippen molar-refractivity contribution in [3.8, 4) is 0 Å². The lowest BCUT2D eigenvalue weighted by Crippen LogP contribution is -2.48. The van der Waals surface area contributed by atoms with Gasteiger partial charge in [0.15, 0.2) is 0 Å². The average molecular weight is 251 g/mol. The van der Waals surface area contributed by atoms with Gasteiger partial charge in [0.2, 0.25) is 0 Å². The number of Topliss-reactive ketones (excluding diaryl/α,β-unsaturated/α-hetero) is 1. The molecule has 6 heteroatoms. The molecular weight excluding hydrogens is 229 g/mol. The van der Waals surface area contributed by atoms with Gasteiger partial charge in [0.1, 0.15) is 11.4 Å². The van der Waals surface area contributed by atoms with Crippen LogP contribution in [-0.2, 0) is 18.4 Å². The van der Waals surface area contributed by atoms with E-state index in [1.807, 2.05) is 20.8 Å². The van der Waals surface area contributed by atoms with Crippen molar-refractivity contribution in [3.63, 3.8) is 0 Å². The Morgan fingerprint density at radius 3 is 1.81 bits per heavy atom. The quantitative estimate of drug-likeness (QED) is 0.754. The molecule has 0 radical (unpaired) electrons. The molecule has 0 heterocycles. The van der Waals surface area contributed by atoms with Crippen molar-refractivity contribution in [3.05, 3.63) is 0 Å². The van der Waals surface area contributed by atoms with Crippen molar-refractivity contribution in [2.45, 2.75) is 39.4 Å². The van der Waals surface area contributed by atoms with Crippen LogP contribution in [0.4, 0.5) is 0 Å². The standard InChI is InChI=1S/C10H22NO4P/c1-7(12)8(9(11)10(2,3)4)16(13,14-5)15-6/h8-9H,11H2,1-6H3. The highest BCUT2D eigenvalue weighted by Gasteiger charge is 2.45. The van der Waals surface area contributed by atoms with Crippen LogP contribution in [0.2, 0.25) is 0 Å². The van der Waals surface area contributed by atoms with E-state index >= 15 is 0 Å². The van der Waals surface area contributed by atoms with Crippen LogP contribution in [0.15, 0.2) is 0 Å². The van der Waals surface area contributed by atoms with Gasteiger partial charge in [-0.1, -0.05) is 20.8 Å². The van der Waals surface area contributed by atoms with E-state index in [0.29, 0.717) is 0 Å². The molecule has 0 aromatic carbocycles. The Labute approximate surface area is 97.2 Å². The summed E-state index contributed by atoms with van der Waals surface area (Å²) in [7, 11) is -0.956. The van der Waals surface area contributed by atoms with Crippen molar-refractivity contribution in [2.24, 2.45) is 11.1 Å². The predicted octanol–water partition coefficient (Wildman–Crippen LogP) is 1.80. The maximum Gasteiger partial charge on any atom is 0.342 e. The van der Waals surface area contributed by atoms with Crippen LogP contribution < -0.4 is 5.73 Å². The number of nitrogens with two attached hydrogens (primary N) is 1. The van der Waals surface area contributed by atoms with E-state index in [9.17, 15) is 9.36 Å². The molecule has 0 bridgehead atoms. The van der Waals surface area contributed by atoms with Gasteiger partial charge in [-0.3, -0.25) is 9.36 Å². The molecule has 96 valence electrons. The second kappa shape index (κ2) is 5.41. The molecule has 0 aliphatic rings. The Morgan fingerprint density at radius 1 is 1.25 bits per heavy atom. The smallest absolute Gasteiger partial charge is 0.326 e. The molecule has 5 nitrogen and oxygen atoms in total. The summed E-state index contributed by atoms with van der Waals surface area (Å²) >= 11 is 0. The van der Waals surface area contributed by atoms with Crippen molar-refractivity contribution < 1.29 is 18.4 Å². The molecule has 0 rings (SSSR count). The first-order valence-electron chi connectivity index (χ1n) is 5.07. The number of carbonyl (C=O) groups is 1. The van der Waals surface area contributed by atoms with Gasteiger partial charge >= 0.3 is 7.60 Å². The summed E-state index contributed by atoms with van der Waals surface area (Å²) in [5, 5.41) is 0. The first-order chi connectivity index (χ1) is 7.10. The molecule has 2 atom stereocenters. The Balaban J connectivity index is 5.33. The van der Waals surface area contributed by atoms with Gasteiger partial charge < -0.3 is 14.8 Å². The normalized spacial score (nSPS) is 16.9. The lowest BCUT2D eigenvalue weighted by Gasteiger charge is -2.35. The van der Waals surface area contributed by atoms with Gasteiger partial charge in [-0.05, 0) is 12.3 Å². The van der Waals surface area contributed by atoms with Gasteiger partial charge in [-0.2, -0.15) is 0 Å². The zero-order valence-corrected chi connectivity index (χ0v) is 11.7. The first-order valence-corrected chi connectivity index (χ1v) is 6.68. The molecular formula is C10H22NO4P. The minimum Gasteiger partial charge on any atom is -0.326 e. The lowest BCUT2D eigenvalue weighted by atomic mass is 9.84. The average Bonchev–Trinajstić information content (AvgIpc) is 2.15. The number of hydrogen-bond donors (Lipinski definition) is 1. The topological polar surface area (TPSA) is 78.6 Å². The monoisotopic (exact) mass is 251 g/mol. The highest BCUT2D eigenvalue weighted by molar-refractivity contribution is 7.55. The van der Waals surface area contributed by atoms with Gasteiger partial charge in [0, 0.05) is 20.3 Å². The third-order valence-corrected chi connectivity index (χ3v) is 4.99. The Hall–Kier alpha value is -0.220. The molecule has 0 saturated heterocycles. The van der Waals surface area contributed by atoms with E-state index in [2.05, 4.69) is 0 Å². The third kappa shape index (κ3) is 3.39. The lowest BCUT2D eigenvalue weighted by molar-refractivity contribution is -0.117. The Morgan fingerprint density at radius 2 is 1.62 bits per heavy atom. The van der Waals surface area contributed by atoms with Gasteiger partial charge in [0.05, 0.1) is 0 Å². The molecule has 16 heavy (non-hydrogen) atoms. The van der Waals surface area contributed by atoms with Crippen molar-refractivity contribution in [1.29, 1.82) is 0 Å². The molecule has 0 aliphatic carbocycles. The van der Waals surface area contributed by atoms with E-state index in [-0.39, 0.29) is 11.2 Å². The maximum absolute atomic E-state index is 12.2. The highest BCUT2D eigenvalue weighted by Crippen LogP contribution is 2.54. The molecule has 0 aromatic heterocycles. The first kappa shape index (κ1) is 15.8. The SMILES string of the molecule is COP(=O)(OC)C(C(C)=O)C(N)C(C)(C)C. The fourth-order valence-corrected chi connectivity index (χ4v) is 3.34. The maximum atomic E-state index is 12.2. The van der Waals surface area contributed by atoms with E-state index in [1.165, 1.54) is 21.1 Å². The van der Waals surface area contributed by atoms with E-state index in [0.717, 1.165) is 0 Å². The Kier molecular flexibility index (Phi) is 5.33. The number of carbonyl (C=O) groups excluding carboxylic acids is 1. The van der Waals surface area contributed by atoms with E-state index < -0.39 is 19.3 Å². The number of hydrogen-bond acceptors (Lipinski definition) is 5. The predicted molar refractivity (Wildman–Crippen MR) is 63.5 cm³/mol. The summed E-state index contributed by atoms with van der Waals surface area (Å²) in [6.07, 6.45) is 0. The van der Waals surface area contributed by atoms with Gasteiger partial charge in [-0.25, -0.2) is 0 Å². The summed E-state index contributed by atoms with van der Waals surface area (Å²) < 4.78 is 22.0. The van der Waals surface area contributed by atoms with E-state index in [1.54, 1.807) is 0 Å². The molecule has 2 N–H and O–H groups in total. The zero-order valence-electron chi connectivity index (χ0n) is 10.8. The van der Waals surface area contributed by atoms with Crippen molar-refractivity contribution >= 4 is 13.4 Å². The molecule has 0 aliphatic heterocycles. The molecule has 0 saturated carbocycles. The summed E-state index contributed by atoms with van der Waals surface area (Å²) in [6, 6.07) is -0.587. The summed E-state index contributed by atoms with van der Waals surface area (Å²) in [4.78, 5) is 11.6. The van der Waals surface area contributed by atoms with Crippen molar-refractivity contribution in [2.75, 3.05) is 14.2 Å². The minimum absolute atomic E-state index is 0.283. The fourth-order valence-electron chi connectivity index (χ4n) is 1.45. The Bertz CT molecular complexity index is 290. The second-order valence-electron chi connectivity index (χ2n) is 4.85. The van der Waals surface area contributed by atoms with Crippen molar-refractivity contribution in [1.82, 2.24) is 0 Å². The van der Waals surface area contributed by atoms with Gasteiger partial charge in [0.25, 0.3) is 0 Å². The minimum atomic E-state index is -3.47. The molecule has 0 spiro atoms. The highest BCUT2D eigenvalue weighted by atomic mass is 31.2. The van der Waals surface area contributed by atoms with Crippen LogP contribution in [0.25, 0.3) is 0 Å². The third-order valence-electron chi connectivity index (χ3n) is 2.61. The summed E-state index contributed by atoms with van der Waals surface area (Å²) in [6.45, 7) is 6.98. The van der Waals surface area contributed by atoms with E-state index in [4.69, 9.17) is 14.8 Å². The fraction of sp³-hybridized carbons (Fsp3) is 0.900. The largest absolute Gasteiger partial charge is 0.342 e. The molecule has 0 amide bonds. The van der Waals surface area contributed by atoms with Crippen LogP contribution in [0, 0.1) is 5.41 Å². The van der Waals surface area contributed by atoms with Crippen LogP contribution in [0.1, 0.15) is 27.7 Å². The molecule has 0 fully saturated rings. The number of ketones is 1. The zero-order chi connectivity index (χ0) is 13.1. The molecule has 2 unspecified atom stereocenters. The number of rotatable bonds is 5. The molecule has 0 aromatic rings. The summed E-state index contributed by atoms with van der Waals surface area (Å²) in [5.41, 5.74) is 4.69. The van der Waals surface area contributed by atoms with Gasteiger partial charge in [-0.15, -0.1) is 0 Å². The second-order valence-corrected chi connectivity index (χ2v) is 7.22. The van der Waals surface area contributed by atoms with Crippen LogP contribution in [0.5, 0.6) is 0 Å². The van der Waals surface area contributed by atoms with Crippen LogP contribution in [-0.4, -0.2) is 31.7 Å². The van der Waals surface area contributed by atoms with Crippen LogP contribution >= 0.6 is 7.60 Å². The van der Waals surface area contributed by atoms with Crippen LogP contribution in [0.3, 0.4) is 0 Å².